The van der Waals surface area contributed by atoms with Gasteiger partial charge in [0, 0.05) is 19.0 Å². The quantitative estimate of drug-likeness (QED) is 0.644. The Bertz CT molecular complexity index is 951. The zero-order chi connectivity index (χ0) is 22.2. The van der Waals surface area contributed by atoms with Crippen LogP contribution in [0.15, 0.2) is 0 Å². The van der Waals surface area contributed by atoms with Crippen molar-refractivity contribution in [2.45, 2.75) is 98.6 Å². The van der Waals surface area contributed by atoms with Crippen LogP contribution in [0, 0.1) is 34.5 Å². The first kappa shape index (κ1) is 22.0. The average molecular weight is 423 g/mol. The van der Waals surface area contributed by atoms with Crippen molar-refractivity contribution in [3.63, 3.8) is 0 Å². The van der Waals surface area contributed by atoms with Gasteiger partial charge >= 0.3 is 0 Å². The summed E-state index contributed by atoms with van der Waals surface area (Å²) in [4.78, 5) is 14.1. The van der Waals surface area contributed by atoms with E-state index < -0.39 is 0 Å². The van der Waals surface area contributed by atoms with Gasteiger partial charge in [0.1, 0.15) is 17.4 Å². The maximum absolute atomic E-state index is 9.53. The summed E-state index contributed by atoms with van der Waals surface area (Å²) < 4.78 is 2.39. The number of rotatable bonds is 6. The average Bonchev–Trinajstić information content (AvgIpc) is 2.97. The Balaban J connectivity index is 1.76. The predicted octanol–water partition coefficient (Wildman–Crippen LogP) is 5.71. The first-order valence-electron chi connectivity index (χ1n) is 12.2. The third-order valence-electron chi connectivity index (χ3n) is 7.27. The lowest BCUT2D eigenvalue weighted by molar-refractivity contribution is 0.262. The minimum absolute atomic E-state index is 0.124. The minimum Gasteiger partial charge on any atom is -0.365 e. The van der Waals surface area contributed by atoms with Gasteiger partial charge in [-0.15, -0.1) is 0 Å². The Labute approximate surface area is 186 Å². The van der Waals surface area contributed by atoms with Crippen LogP contribution >= 0.6 is 0 Å². The number of nitriles is 1. The molecule has 168 valence electrons. The Hall–Kier alpha value is -2.16. The van der Waals surface area contributed by atoms with Crippen molar-refractivity contribution in [2.75, 3.05) is 5.32 Å². The number of hydrogen-bond acceptors (Lipinski definition) is 5. The van der Waals surface area contributed by atoms with E-state index >= 15 is 0 Å². The van der Waals surface area contributed by atoms with Gasteiger partial charge in [0.2, 0.25) is 5.82 Å². The normalized spacial score (nSPS) is 23.4. The topological polar surface area (TPSA) is 79.4 Å². The summed E-state index contributed by atoms with van der Waals surface area (Å²) in [6, 6.07) is 2.48. The number of imidazole rings is 1. The fourth-order valence-electron chi connectivity index (χ4n) is 5.08. The zero-order valence-corrected chi connectivity index (χ0v) is 19.9. The summed E-state index contributed by atoms with van der Waals surface area (Å²) in [5.41, 5.74) is 1.78. The molecule has 2 aromatic heterocycles. The first-order valence-corrected chi connectivity index (χ1v) is 12.2. The van der Waals surface area contributed by atoms with Crippen molar-refractivity contribution in [2.24, 2.45) is 23.2 Å². The van der Waals surface area contributed by atoms with Gasteiger partial charge in [0.05, 0.1) is 0 Å². The Morgan fingerprint density at radius 2 is 1.81 bits per heavy atom. The number of aromatic nitrogens is 4. The smallest absolute Gasteiger partial charge is 0.236 e. The van der Waals surface area contributed by atoms with Crippen molar-refractivity contribution in [3.05, 3.63) is 11.6 Å². The fourth-order valence-corrected chi connectivity index (χ4v) is 5.08. The molecule has 4 rings (SSSR count). The van der Waals surface area contributed by atoms with Gasteiger partial charge in [-0.3, -0.25) is 0 Å². The van der Waals surface area contributed by atoms with Crippen molar-refractivity contribution >= 4 is 17.0 Å². The Morgan fingerprint density at radius 3 is 2.39 bits per heavy atom. The molecule has 0 aromatic carbocycles. The van der Waals surface area contributed by atoms with E-state index in [0.29, 0.717) is 23.5 Å². The van der Waals surface area contributed by atoms with Gasteiger partial charge in [-0.1, -0.05) is 47.0 Å². The zero-order valence-electron chi connectivity index (χ0n) is 19.9. The Kier molecular flexibility index (Phi) is 6.23. The summed E-state index contributed by atoms with van der Waals surface area (Å²) in [5.74, 6) is 4.25. The molecule has 0 aliphatic heterocycles. The molecule has 0 saturated heterocycles. The van der Waals surface area contributed by atoms with Gasteiger partial charge in [-0.2, -0.15) is 15.2 Å². The minimum atomic E-state index is 0.124. The van der Waals surface area contributed by atoms with Crippen LogP contribution in [0.4, 0.5) is 5.82 Å². The van der Waals surface area contributed by atoms with Crippen LogP contribution in [0.3, 0.4) is 0 Å². The molecule has 2 saturated carbocycles. The number of anilines is 1. The molecule has 2 fully saturated rings. The standard InChI is InChI=1S/C25H38N6/c1-16-9-11-18(12-10-16)15-31-21(13-25(3,4)5)30-24-22(31)23(28-20(14-26)29-24)27-17(2)19-7-6-8-19/h16-19H,6-13,15H2,1-5H3,(H,27,28,29)/t16?,17-,18?/m1/s1. The van der Waals surface area contributed by atoms with Gasteiger partial charge in [-0.05, 0) is 55.8 Å². The lowest BCUT2D eigenvalue weighted by Crippen LogP contribution is -2.31. The van der Waals surface area contributed by atoms with E-state index in [9.17, 15) is 5.26 Å². The van der Waals surface area contributed by atoms with Crippen LogP contribution in [0.1, 0.15) is 91.2 Å². The van der Waals surface area contributed by atoms with Crippen LogP contribution < -0.4 is 5.32 Å². The molecule has 6 nitrogen and oxygen atoms in total. The highest BCUT2D eigenvalue weighted by Gasteiger charge is 2.28. The maximum atomic E-state index is 9.53. The number of nitrogens with zero attached hydrogens (tertiary/aromatic N) is 5. The molecule has 2 aliphatic rings. The van der Waals surface area contributed by atoms with Gasteiger partial charge in [-0.25, -0.2) is 4.98 Å². The second-order valence-corrected chi connectivity index (χ2v) is 11.3. The third kappa shape index (κ3) is 5.02. The monoisotopic (exact) mass is 422 g/mol. The molecule has 0 radical (unpaired) electrons. The van der Waals surface area contributed by atoms with Crippen molar-refractivity contribution in [3.8, 4) is 6.07 Å². The van der Waals surface area contributed by atoms with Crippen LogP contribution in [0.25, 0.3) is 11.2 Å². The lowest BCUT2D eigenvalue weighted by atomic mass is 9.80. The number of fused-ring (bicyclic) bond motifs is 1. The first-order chi connectivity index (χ1) is 14.7. The summed E-state index contributed by atoms with van der Waals surface area (Å²) in [6.45, 7) is 12.3. The van der Waals surface area contributed by atoms with Crippen molar-refractivity contribution in [1.29, 1.82) is 5.26 Å². The fraction of sp³-hybridized carbons (Fsp3) is 0.760. The summed E-state index contributed by atoms with van der Waals surface area (Å²) in [5, 5.41) is 13.2. The molecule has 0 amide bonds. The largest absolute Gasteiger partial charge is 0.365 e. The number of hydrogen-bond donors (Lipinski definition) is 1. The second-order valence-electron chi connectivity index (χ2n) is 11.3. The number of nitrogens with one attached hydrogen (secondary N) is 1. The summed E-state index contributed by atoms with van der Waals surface area (Å²) in [6.07, 6.45) is 9.89. The molecule has 0 unspecified atom stereocenters. The second kappa shape index (κ2) is 8.76. The summed E-state index contributed by atoms with van der Waals surface area (Å²) in [7, 11) is 0. The Morgan fingerprint density at radius 1 is 1.10 bits per heavy atom. The van der Waals surface area contributed by atoms with Crippen LogP contribution in [0.2, 0.25) is 0 Å². The molecule has 6 heteroatoms. The van der Waals surface area contributed by atoms with Gasteiger partial charge < -0.3 is 9.88 Å². The maximum Gasteiger partial charge on any atom is 0.236 e. The highest BCUT2D eigenvalue weighted by atomic mass is 15.2. The van der Waals surface area contributed by atoms with Crippen molar-refractivity contribution < 1.29 is 0 Å². The van der Waals surface area contributed by atoms with E-state index in [4.69, 9.17) is 4.98 Å². The van der Waals surface area contributed by atoms with E-state index in [-0.39, 0.29) is 11.2 Å². The van der Waals surface area contributed by atoms with E-state index in [2.05, 4.69) is 60.5 Å². The lowest BCUT2D eigenvalue weighted by Gasteiger charge is -2.32. The van der Waals surface area contributed by atoms with E-state index in [1.807, 2.05) is 0 Å². The summed E-state index contributed by atoms with van der Waals surface area (Å²) >= 11 is 0. The van der Waals surface area contributed by atoms with E-state index in [0.717, 1.165) is 36.0 Å². The molecule has 31 heavy (non-hydrogen) atoms. The molecule has 0 spiro atoms. The van der Waals surface area contributed by atoms with Gasteiger partial charge in [0.15, 0.2) is 11.5 Å². The van der Waals surface area contributed by atoms with Crippen LogP contribution in [-0.2, 0) is 13.0 Å². The van der Waals surface area contributed by atoms with Crippen molar-refractivity contribution in [1.82, 2.24) is 19.5 Å². The highest BCUT2D eigenvalue weighted by molar-refractivity contribution is 5.84. The van der Waals surface area contributed by atoms with E-state index in [1.165, 1.54) is 44.9 Å². The molecular formula is C25H38N6. The van der Waals surface area contributed by atoms with E-state index in [1.54, 1.807) is 0 Å². The molecule has 2 aromatic rings. The molecule has 1 atom stereocenters. The SMILES string of the molecule is CC1CCC(Cn2c(CC(C)(C)C)nc3nc(C#N)nc(N[C@H](C)C4CCC4)c32)CC1. The predicted molar refractivity (Wildman–Crippen MR) is 125 cm³/mol. The molecule has 1 N–H and O–H groups in total. The molecule has 2 aliphatic carbocycles. The molecular weight excluding hydrogens is 384 g/mol. The third-order valence-corrected chi connectivity index (χ3v) is 7.27. The molecule has 2 heterocycles. The van der Waals surface area contributed by atoms with Crippen LogP contribution in [-0.4, -0.2) is 25.6 Å². The molecule has 0 bridgehead atoms. The van der Waals surface area contributed by atoms with Crippen LogP contribution in [0.5, 0.6) is 0 Å². The van der Waals surface area contributed by atoms with Gasteiger partial charge in [0.25, 0.3) is 0 Å². The highest BCUT2D eigenvalue weighted by Crippen LogP contribution is 2.35.